The molecule has 2 N–H and O–H groups in total. The van der Waals surface area contributed by atoms with Gasteiger partial charge < -0.3 is 5.32 Å². The highest BCUT2D eigenvalue weighted by Gasteiger charge is 2.23. The predicted molar refractivity (Wildman–Crippen MR) is 79.5 cm³/mol. The molecule has 0 radical (unpaired) electrons. The third-order valence-electron chi connectivity index (χ3n) is 3.13. The summed E-state index contributed by atoms with van der Waals surface area (Å²) in [5.74, 6) is 0. The maximum Gasteiger partial charge on any atom is 0.216 e. The molecule has 0 aliphatic heterocycles. The van der Waals surface area contributed by atoms with Crippen molar-refractivity contribution in [1.82, 2.24) is 10.0 Å². The second-order valence-electron chi connectivity index (χ2n) is 4.65. The van der Waals surface area contributed by atoms with Gasteiger partial charge in [-0.2, -0.15) is 0 Å². The van der Waals surface area contributed by atoms with Crippen LogP contribution in [0.5, 0.6) is 0 Å². The van der Waals surface area contributed by atoms with E-state index in [1.54, 1.807) is 6.92 Å². The maximum atomic E-state index is 12.2. The number of hydrogen-bond acceptors (Lipinski definition) is 3. The van der Waals surface area contributed by atoms with Crippen LogP contribution in [-0.4, -0.2) is 26.8 Å². The Morgan fingerprint density at radius 2 is 1.79 bits per heavy atom. The van der Waals surface area contributed by atoms with Crippen molar-refractivity contribution in [2.45, 2.75) is 38.5 Å². The van der Waals surface area contributed by atoms with E-state index in [-0.39, 0.29) is 6.04 Å². The van der Waals surface area contributed by atoms with Gasteiger partial charge in [-0.1, -0.05) is 44.2 Å². The summed E-state index contributed by atoms with van der Waals surface area (Å²) in [6.45, 7) is 6.91. The van der Waals surface area contributed by atoms with Crippen LogP contribution in [0.2, 0.25) is 0 Å². The highest BCUT2D eigenvalue weighted by Crippen LogP contribution is 2.18. The number of nitrogens with one attached hydrogen (secondary N) is 2. The predicted octanol–water partition coefficient (Wildman–Crippen LogP) is 2.06. The minimum atomic E-state index is -3.30. The minimum Gasteiger partial charge on any atom is -0.316 e. The molecule has 0 bridgehead atoms. The topological polar surface area (TPSA) is 58.2 Å². The van der Waals surface area contributed by atoms with Gasteiger partial charge >= 0.3 is 0 Å². The molecular formula is C14H24N2O2S. The zero-order valence-electron chi connectivity index (χ0n) is 11.9. The Labute approximate surface area is 116 Å². The fourth-order valence-corrected chi connectivity index (χ4v) is 3.11. The van der Waals surface area contributed by atoms with E-state index in [0.29, 0.717) is 6.54 Å². The van der Waals surface area contributed by atoms with E-state index >= 15 is 0 Å². The van der Waals surface area contributed by atoms with Gasteiger partial charge in [-0.05, 0) is 25.5 Å². The first kappa shape index (κ1) is 16.1. The summed E-state index contributed by atoms with van der Waals surface area (Å²) < 4.78 is 27.3. The van der Waals surface area contributed by atoms with Crippen molar-refractivity contribution in [3.8, 4) is 0 Å². The second-order valence-corrected chi connectivity index (χ2v) is 6.78. The van der Waals surface area contributed by atoms with Crippen LogP contribution in [0.1, 0.15) is 38.8 Å². The molecule has 0 amide bonds. The van der Waals surface area contributed by atoms with Crippen molar-refractivity contribution in [3.63, 3.8) is 0 Å². The number of benzene rings is 1. The van der Waals surface area contributed by atoms with Gasteiger partial charge in [0.05, 0.1) is 5.25 Å². The Bertz CT molecular complexity index is 460. The lowest BCUT2D eigenvalue weighted by Gasteiger charge is -2.21. The van der Waals surface area contributed by atoms with E-state index in [4.69, 9.17) is 0 Å². The first-order valence-corrected chi connectivity index (χ1v) is 8.32. The van der Waals surface area contributed by atoms with Gasteiger partial charge in [0, 0.05) is 12.6 Å². The lowest BCUT2D eigenvalue weighted by Crippen LogP contribution is -2.40. The fourth-order valence-electron chi connectivity index (χ4n) is 1.84. The molecule has 0 aromatic heterocycles. The molecule has 0 aliphatic rings. The summed E-state index contributed by atoms with van der Waals surface area (Å²) in [5.41, 5.74) is 1.00. The van der Waals surface area contributed by atoms with Crippen LogP contribution in [0, 0.1) is 0 Å². The maximum absolute atomic E-state index is 12.2. The Balaban J connectivity index is 2.75. The van der Waals surface area contributed by atoms with Crippen LogP contribution in [0.4, 0.5) is 0 Å². The standard InChI is InChI=1S/C14H24N2O2S/c1-4-14(13-9-7-6-8-10-13)16-19(17,18)12(3)11-15-5-2/h6-10,12,14-16H,4-5,11H2,1-3H3. The molecule has 0 heterocycles. The van der Waals surface area contributed by atoms with Gasteiger partial charge in [0.1, 0.15) is 0 Å². The van der Waals surface area contributed by atoms with Crippen LogP contribution in [0.3, 0.4) is 0 Å². The fraction of sp³-hybridized carbons (Fsp3) is 0.571. The van der Waals surface area contributed by atoms with E-state index < -0.39 is 15.3 Å². The van der Waals surface area contributed by atoms with E-state index in [1.807, 2.05) is 44.2 Å². The van der Waals surface area contributed by atoms with Gasteiger partial charge in [0.2, 0.25) is 10.0 Å². The molecule has 0 aliphatic carbocycles. The quantitative estimate of drug-likeness (QED) is 0.768. The smallest absolute Gasteiger partial charge is 0.216 e. The summed E-state index contributed by atoms with van der Waals surface area (Å²) in [5, 5.41) is 2.63. The van der Waals surface area contributed by atoms with Crippen molar-refractivity contribution in [3.05, 3.63) is 35.9 Å². The van der Waals surface area contributed by atoms with E-state index in [1.165, 1.54) is 0 Å². The van der Waals surface area contributed by atoms with Gasteiger partial charge in [0.25, 0.3) is 0 Å². The second kappa shape index (κ2) is 7.62. The van der Waals surface area contributed by atoms with Crippen molar-refractivity contribution in [1.29, 1.82) is 0 Å². The molecule has 0 fully saturated rings. The minimum absolute atomic E-state index is 0.157. The Morgan fingerprint density at radius 1 is 1.16 bits per heavy atom. The summed E-state index contributed by atoms with van der Waals surface area (Å²) in [4.78, 5) is 0. The molecule has 4 nitrogen and oxygen atoms in total. The molecule has 1 rings (SSSR count). The summed E-state index contributed by atoms with van der Waals surface area (Å²) in [6, 6.07) is 9.52. The van der Waals surface area contributed by atoms with Crippen LogP contribution in [0.25, 0.3) is 0 Å². The van der Waals surface area contributed by atoms with Crippen LogP contribution in [-0.2, 0) is 10.0 Å². The van der Waals surface area contributed by atoms with Gasteiger partial charge in [0.15, 0.2) is 0 Å². The average Bonchev–Trinajstić information content (AvgIpc) is 2.43. The monoisotopic (exact) mass is 284 g/mol. The van der Waals surface area contributed by atoms with Gasteiger partial charge in [-0.3, -0.25) is 0 Å². The van der Waals surface area contributed by atoms with Crippen LogP contribution >= 0.6 is 0 Å². The number of rotatable bonds is 8. The average molecular weight is 284 g/mol. The highest BCUT2D eigenvalue weighted by atomic mass is 32.2. The van der Waals surface area contributed by atoms with Crippen molar-refractivity contribution in [2.75, 3.05) is 13.1 Å². The summed E-state index contributed by atoms with van der Waals surface area (Å²) >= 11 is 0. The Kier molecular flexibility index (Phi) is 6.48. The van der Waals surface area contributed by atoms with E-state index in [9.17, 15) is 8.42 Å². The van der Waals surface area contributed by atoms with Crippen molar-refractivity contribution >= 4 is 10.0 Å². The number of hydrogen-bond donors (Lipinski definition) is 2. The zero-order chi connectivity index (χ0) is 14.3. The van der Waals surface area contributed by atoms with Gasteiger partial charge in [-0.25, -0.2) is 13.1 Å². The number of sulfonamides is 1. The third-order valence-corrected chi connectivity index (χ3v) is 4.97. The molecular weight excluding hydrogens is 260 g/mol. The SMILES string of the molecule is CCNCC(C)S(=O)(=O)NC(CC)c1ccccc1. The lowest BCUT2D eigenvalue weighted by atomic mass is 10.1. The first-order chi connectivity index (χ1) is 9.01. The van der Waals surface area contributed by atoms with Crippen LogP contribution < -0.4 is 10.0 Å². The van der Waals surface area contributed by atoms with Gasteiger partial charge in [-0.15, -0.1) is 0 Å². The molecule has 1 aromatic rings. The molecule has 19 heavy (non-hydrogen) atoms. The summed E-state index contributed by atoms with van der Waals surface area (Å²) in [7, 11) is -3.30. The molecule has 2 unspecified atom stereocenters. The normalized spacial score (nSPS) is 15.1. The van der Waals surface area contributed by atoms with Crippen LogP contribution in [0.15, 0.2) is 30.3 Å². The molecule has 1 aromatic carbocycles. The molecule has 0 saturated heterocycles. The molecule has 0 saturated carbocycles. The lowest BCUT2D eigenvalue weighted by molar-refractivity contribution is 0.533. The Hall–Kier alpha value is -0.910. The molecule has 108 valence electrons. The first-order valence-electron chi connectivity index (χ1n) is 6.78. The highest BCUT2D eigenvalue weighted by molar-refractivity contribution is 7.90. The molecule has 5 heteroatoms. The zero-order valence-corrected chi connectivity index (χ0v) is 12.7. The van der Waals surface area contributed by atoms with E-state index in [2.05, 4.69) is 10.0 Å². The largest absolute Gasteiger partial charge is 0.316 e. The molecule has 2 atom stereocenters. The summed E-state index contributed by atoms with van der Waals surface area (Å²) in [6.07, 6.45) is 0.733. The Morgan fingerprint density at radius 3 is 2.32 bits per heavy atom. The third kappa shape index (κ3) is 4.93. The van der Waals surface area contributed by atoms with E-state index in [0.717, 1.165) is 18.5 Å². The molecule has 0 spiro atoms. The van der Waals surface area contributed by atoms with Crippen molar-refractivity contribution < 1.29 is 8.42 Å². The van der Waals surface area contributed by atoms with Crippen molar-refractivity contribution in [2.24, 2.45) is 0 Å².